The fourth-order valence-corrected chi connectivity index (χ4v) is 0.241. The highest BCUT2D eigenvalue weighted by atomic mass is 35.5. The molecule has 0 aromatic rings. The second-order valence-corrected chi connectivity index (χ2v) is 1.78. The number of ether oxygens (including phenoxy) is 1. The largest absolute Gasteiger partial charge is 0.464 e. The van der Waals surface area contributed by atoms with Crippen LogP contribution in [0.25, 0.3) is 0 Å². The third-order valence-electron chi connectivity index (χ3n) is 0.346. The molecule has 0 N–H and O–H groups in total. The first-order valence-electron chi connectivity index (χ1n) is 1.46. The van der Waals surface area contributed by atoms with Crippen molar-refractivity contribution in [2.24, 2.45) is 0 Å². The number of carbonyl (C=O) groups is 1. The number of rotatable bonds is 1. The van der Waals surface area contributed by atoms with E-state index in [2.05, 4.69) is 17.0 Å². The van der Waals surface area contributed by atoms with Gasteiger partial charge in [0.1, 0.15) is 0 Å². The van der Waals surface area contributed by atoms with Crippen molar-refractivity contribution in [1.82, 2.24) is 0 Å². The van der Waals surface area contributed by atoms with E-state index in [0.717, 1.165) is 0 Å². The van der Waals surface area contributed by atoms with Crippen LogP contribution in [0.15, 0.2) is 0 Å². The van der Waals surface area contributed by atoms with Gasteiger partial charge in [0.25, 0.3) is 0 Å². The molecule has 0 aromatic carbocycles. The van der Waals surface area contributed by atoms with E-state index in [9.17, 15) is 4.79 Å². The molecule has 0 aliphatic carbocycles. The van der Waals surface area contributed by atoms with Crippen LogP contribution in [0.3, 0.4) is 0 Å². The van der Waals surface area contributed by atoms with Crippen LogP contribution in [0, 0.1) is 0 Å². The highest BCUT2D eigenvalue weighted by Crippen LogP contribution is 1.85. The molecule has 2 nitrogen and oxygen atoms in total. The summed E-state index contributed by atoms with van der Waals surface area (Å²) in [6.07, 6.45) is 0. The summed E-state index contributed by atoms with van der Waals surface area (Å²) in [7, 11) is 1.22. The Morgan fingerprint density at radius 3 is 2.29 bits per heavy atom. The molecule has 0 rings (SSSR count). The smallest absolute Gasteiger partial charge is 0.360 e. The van der Waals surface area contributed by atoms with Gasteiger partial charge in [-0.2, -0.15) is 0 Å². The highest BCUT2D eigenvalue weighted by Gasteiger charge is 2.01. The molecule has 4 heteroatoms. The van der Waals surface area contributed by atoms with Gasteiger partial charge in [-0.05, 0) is 0 Å². The van der Waals surface area contributed by atoms with Crippen molar-refractivity contribution in [2.45, 2.75) is 0 Å². The molecule has 40 valence electrons. The van der Waals surface area contributed by atoms with Crippen LogP contribution in [0.2, 0.25) is 0 Å². The van der Waals surface area contributed by atoms with Gasteiger partial charge in [-0.25, -0.2) is 4.79 Å². The van der Waals surface area contributed by atoms with Crippen molar-refractivity contribution in [2.75, 3.05) is 7.11 Å². The monoisotopic (exact) mass is 138 g/mol. The minimum atomic E-state index is -0.656. The zero-order valence-electron chi connectivity index (χ0n) is 3.60. The molecule has 0 aliphatic rings. The summed E-state index contributed by atoms with van der Waals surface area (Å²) in [6, 6.07) is 0. The summed E-state index contributed by atoms with van der Waals surface area (Å²) in [5.74, 6) is -0.656. The second-order valence-electron chi connectivity index (χ2n) is 0.765. The molecular formula is C3H3ClO2S. The summed E-state index contributed by atoms with van der Waals surface area (Å²) in [6.45, 7) is 0. The number of hydrogen-bond donors (Lipinski definition) is 0. The van der Waals surface area contributed by atoms with Crippen molar-refractivity contribution in [3.05, 3.63) is 0 Å². The second kappa shape index (κ2) is 2.93. The van der Waals surface area contributed by atoms with Gasteiger partial charge in [-0.3, -0.25) is 0 Å². The summed E-state index contributed by atoms with van der Waals surface area (Å²) in [5.41, 5.74) is 0. The number of esters is 1. The molecule has 0 aromatic heterocycles. The topological polar surface area (TPSA) is 26.3 Å². The molecule has 0 unspecified atom stereocenters. The van der Waals surface area contributed by atoms with E-state index in [1.54, 1.807) is 0 Å². The van der Waals surface area contributed by atoms with Crippen LogP contribution in [0.4, 0.5) is 0 Å². The van der Waals surface area contributed by atoms with Gasteiger partial charge in [-0.15, -0.1) is 0 Å². The number of hydrogen-bond acceptors (Lipinski definition) is 3. The Hall–Kier alpha value is -0.150. The average Bonchev–Trinajstić information content (AvgIpc) is 1.65. The molecule has 0 saturated carbocycles. The van der Waals surface area contributed by atoms with E-state index in [1.807, 2.05) is 0 Å². The maximum absolute atomic E-state index is 10.0. The van der Waals surface area contributed by atoms with Crippen molar-refractivity contribution in [3.63, 3.8) is 0 Å². The summed E-state index contributed by atoms with van der Waals surface area (Å²) in [4.78, 5) is 10.0. The SMILES string of the molecule is COC(=O)C(=S)Cl. The number of halogens is 1. The normalized spacial score (nSPS) is 7.71. The van der Waals surface area contributed by atoms with E-state index >= 15 is 0 Å². The van der Waals surface area contributed by atoms with Gasteiger partial charge in [0.15, 0.2) is 4.32 Å². The van der Waals surface area contributed by atoms with Crippen LogP contribution in [0.5, 0.6) is 0 Å². The summed E-state index contributed by atoms with van der Waals surface area (Å²) in [5, 5.41) is 0. The van der Waals surface area contributed by atoms with E-state index < -0.39 is 5.97 Å². The lowest BCUT2D eigenvalue weighted by Crippen LogP contribution is -2.05. The molecule has 0 fully saturated rings. The van der Waals surface area contributed by atoms with E-state index in [0.29, 0.717) is 0 Å². The summed E-state index contributed by atoms with van der Waals surface area (Å²) < 4.78 is 3.84. The lowest BCUT2D eigenvalue weighted by atomic mass is 10.8. The van der Waals surface area contributed by atoms with Gasteiger partial charge < -0.3 is 4.74 Å². The molecular weight excluding hydrogens is 136 g/mol. The number of thiocarbonyl (C=S) groups is 1. The van der Waals surface area contributed by atoms with E-state index in [4.69, 9.17) is 11.6 Å². The molecule has 7 heavy (non-hydrogen) atoms. The van der Waals surface area contributed by atoms with Crippen molar-refractivity contribution < 1.29 is 9.53 Å². The molecule has 0 atom stereocenters. The minimum absolute atomic E-state index is 0.262. The Balaban J connectivity index is 3.58. The lowest BCUT2D eigenvalue weighted by molar-refractivity contribution is -0.132. The van der Waals surface area contributed by atoms with Gasteiger partial charge in [0, 0.05) is 0 Å². The first-order valence-corrected chi connectivity index (χ1v) is 2.25. The third-order valence-corrected chi connectivity index (χ3v) is 0.667. The Morgan fingerprint density at radius 2 is 2.29 bits per heavy atom. The quantitative estimate of drug-likeness (QED) is 0.304. The molecule has 0 radical (unpaired) electrons. The number of methoxy groups -OCH3 is 1. The Labute approximate surface area is 51.4 Å². The van der Waals surface area contributed by atoms with Crippen molar-refractivity contribution >= 4 is 34.1 Å². The van der Waals surface area contributed by atoms with Gasteiger partial charge >= 0.3 is 5.97 Å². The zero-order valence-corrected chi connectivity index (χ0v) is 5.18. The fourth-order valence-electron chi connectivity index (χ4n) is 0.0802. The third kappa shape index (κ3) is 2.53. The van der Waals surface area contributed by atoms with Crippen molar-refractivity contribution in [1.29, 1.82) is 0 Å². The first-order chi connectivity index (χ1) is 3.18. The number of carbonyl (C=O) groups excluding carboxylic acids is 1. The predicted octanol–water partition coefficient (Wildman–Crippen LogP) is 0.726. The van der Waals surface area contributed by atoms with Crippen molar-refractivity contribution in [3.8, 4) is 0 Å². The molecule has 0 heterocycles. The molecule has 0 saturated heterocycles. The first kappa shape index (κ1) is 6.85. The highest BCUT2D eigenvalue weighted by molar-refractivity contribution is 7.85. The van der Waals surface area contributed by atoms with Gasteiger partial charge in [0.05, 0.1) is 7.11 Å². The predicted molar refractivity (Wildman–Crippen MR) is 30.5 cm³/mol. The Morgan fingerprint density at radius 1 is 1.86 bits per heavy atom. The summed E-state index contributed by atoms with van der Waals surface area (Å²) >= 11 is 9.19. The molecule has 0 aliphatic heterocycles. The van der Waals surface area contributed by atoms with Crippen LogP contribution < -0.4 is 0 Å². The zero-order chi connectivity index (χ0) is 5.86. The minimum Gasteiger partial charge on any atom is -0.464 e. The van der Waals surface area contributed by atoms with Crippen LogP contribution in [-0.4, -0.2) is 17.4 Å². The van der Waals surface area contributed by atoms with E-state index in [1.165, 1.54) is 7.11 Å². The van der Waals surface area contributed by atoms with Gasteiger partial charge in [-0.1, -0.05) is 23.8 Å². The lowest BCUT2D eigenvalue weighted by Gasteiger charge is -1.87. The Kier molecular flexibility index (Phi) is 2.87. The Bertz CT molecular complexity index is 101. The van der Waals surface area contributed by atoms with Crippen LogP contribution >= 0.6 is 23.8 Å². The van der Waals surface area contributed by atoms with E-state index in [-0.39, 0.29) is 4.32 Å². The standard InChI is InChI=1S/C3H3ClO2S/c1-6-3(5)2(4)7/h1H3. The molecule has 0 spiro atoms. The van der Waals surface area contributed by atoms with Crippen LogP contribution in [-0.2, 0) is 9.53 Å². The molecule has 0 bridgehead atoms. The van der Waals surface area contributed by atoms with Crippen LogP contribution in [0.1, 0.15) is 0 Å². The average molecular weight is 139 g/mol. The fraction of sp³-hybridized carbons (Fsp3) is 0.333. The molecule has 0 amide bonds. The van der Waals surface area contributed by atoms with Gasteiger partial charge in [0.2, 0.25) is 0 Å². The maximum Gasteiger partial charge on any atom is 0.360 e. The maximum atomic E-state index is 10.0.